The second-order valence-electron chi connectivity index (χ2n) is 4.43. The summed E-state index contributed by atoms with van der Waals surface area (Å²) in [5.74, 6) is 1.22. The van der Waals surface area contributed by atoms with E-state index in [1.165, 1.54) is 5.56 Å². The van der Waals surface area contributed by atoms with E-state index in [4.69, 9.17) is 11.6 Å². The summed E-state index contributed by atoms with van der Waals surface area (Å²) in [6.45, 7) is 6.27. The van der Waals surface area contributed by atoms with Gasteiger partial charge in [-0.05, 0) is 24.5 Å². The molecule has 0 atom stereocenters. The fraction of sp³-hybridized carbons (Fsp3) is 0.286. The smallest absolute Gasteiger partial charge is 0.161 e. The second-order valence-corrected chi connectivity index (χ2v) is 4.82. The standard InChI is InChI=1S/C14H15ClN2/c1-9(2)11-4-6-12(7-5-11)14-16-10(3)8-13(15)17-14/h4-9H,1-3H3. The van der Waals surface area contributed by atoms with E-state index < -0.39 is 0 Å². The number of halogens is 1. The molecule has 1 heterocycles. The zero-order valence-corrected chi connectivity index (χ0v) is 11.0. The number of hydrogen-bond acceptors (Lipinski definition) is 2. The van der Waals surface area contributed by atoms with E-state index in [2.05, 4.69) is 35.9 Å². The van der Waals surface area contributed by atoms with E-state index in [1.54, 1.807) is 6.07 Å². The molecule has 0 N–H and O–H groups in total. The Kier molecular flexibility index (Phi) is 3.43. The highest BCUT2D eigenvalue weighted by molar-refractivity contribution is 6.29. The first kappa shape index (κ1) is 12.1. The van der Waals surface area contributed by atoms with Crippen LogP contribution in [0.3, 0.4) is 0 Å². The van der Waals surface area contributed by atoms with Crippen molar-refractivity contribution in [3.05, 3.63) is 46.7 Å². The van der Waals surface area contributed by atoms with Crippen LogP contribution in [0.1, 0.15) is 31.0 Å². The Balaban J connectivity index is 2.39. The molecule has 0 aliphatic carbocycles. The number of aryl methyl sites for hydroxylation is 1. The van der Waals surface area contributed by atoms with Crippen molar-refractivity contribution in [2.75, 3.05) is 0 Å². The van der Waals surface area contributed by atoms with E-state index in [0.29, 0.717) is 16.9 Å². The predicted octanol–water partition coefficient (Wildman–Crippen LogP) is 4.23. The van der Waals surface area contributed by atoms with E-state index in [1.807, 2.05) is 19.1 Å². The highest BCUT2D eigenvalue weighted by Crippen LogP contribution is 2.21. The zero-order valence-electron chi connectivity index (χ0n) is 10.2. The minimum absolute atomic E-state index is 0.487. The van der Waals surface area contributed by atoms with Gasteiger partial charge in [-0.1, -0.05) is 49.7 Å². The van der Waals surface area contributed by atoms with Crippen LogP contribution in [0.2, 0.25) is 5.15 Å². The van der Waals surface area contributed by atoms with Gasteiger partial charge in [0, 0.05) is 11.3 Å². The molecular weight excluding hydrogens is 232 g/mol. The van der Waals surface area contributed by atoms with Crippen LogP contribution in [-0.2, 0) is 0 Å². The third-order valence-electron chi connectivity index (χ3n) is 2.66. The molecule has 0 saturated carbocycles. The molecule has 0 bridgehead atoms. The molecule has 1 aromatic heterocycles. The predicted molar refractivity (Wildman–Crippen MR) is 71.3 cm³/mol. The van der Waals surface area contributed by atoms with E-state index in [-0.39, 0.29) is 0 Å². The van der Waals surface area contributed by atoms with Gasteiger partial charge in [0.25, 0.3) is 0 Å². The highest BCUT2D eigenvalue weighted by atomic mass is 35.5. The lowest BCUT2D eigenvalue weighted by Gasteiger charge is -2.06. The zero-order chi connectivity index (χ0) is 12.4. The van der Waals surface area contributed by atoms with Gasteiger partial charge < -0.3 is 0 Å². The summed E-state index contributed by atoms with van der Waals surface area (Å²) in [5, 5.41) is 0.487. The lowest BCUT2D eigenvalue weighted by molar-refractivity contribution is 0.867. The molecule has 0 aliphatic rings. The number of benzene rings is 1. The van der Waals surface area contributed by atoms with Crippen molar-refractivity contribution in [3.63, 3.8) is 0 Å². The van der Waals surface area contributed by atoms with Gasteiger partial charge in [-0.3, -0.25) is 0 Å². The Morgan fingerprint density at radius 1 is 1.06 bits per heavy atom. The Labute approximate surface area is 107 Å². The lowest BCUT2D eigenvalue weighted by Crippen LogP contribution is -1.93. The molecule has 0 saturated heterocycles. The monoisotopic (exact) mass is 246 g/mol. The van der Waals surface area contributed by atoms with Crippen LogP contribution in [0, 0.1) is 6.92 Å². The van der Waals surface area contributed by atoms with Gasteiger partial charge in [-0.25, -0.2) is 9.97 Å². The maximum Gasteiger partial charge on any atom is 0.161 e. The molecule has 88 valence electrons. The largest absolute Gasteiger partial charge is 0.233 e. The minimum Gasteiger partial charge on any atom is -0.233 e. The molecule has 0 spiro atoms. The maximum atomic E-state index is 5.93. The van der Waals surface area contributed by atoms with Gasteiger partial charge in [0.2, 0.25) is 0 Å². The van der Waals surface area contributed by atoms with Crippen molar-refractivity contribution in [1.82, 2.24) is 9.97 Å². The average Bonchev–Trinajstić information content (AvgIpc) is 2.28. The van der Waals surface area contributed by atoms with Crippen molar-refractivity contribution in [2.45, 2.75) is 26.7 Å². The van der Waals surface area contributed by atoms with E-state index in [9.17, 15) is 0 Å². The Morgan fingerprint density at radius 2 is 1.71 bits per heavy atom. The summed E-state index contributed by atoms with van der Waals surface area (Å²) in [6.07, 6.45) is 0. The second kappa shape index (κ2) is 4.84. The van der Waals surface area contributed by atoms with E-state index in [0.717, 1.165) is 11.3 Å². The number of hydrogen-bond donors (Lipinski definition) is 0. The SMILES string of the molecule is Cc1cc(Cl)nc(-c2ccc(C(C)C)cc2)n1. The Hall–Kier alpha value is -1.41. The molecule has 0 radical (unpaired) electrons. The number of nitrogens with zero attached hydrogens (tertiary/aromatic N) is 2. The average molecular weight is 247 g/mol. The third-order valence-corrected chi connectivity index (χ3v) is 2.85. The molecule has 2 aromatic rings. The van der Waals surface area contributed by atoms with Gasteiger partial charge in [0.15, 0.2) is 5.82 Å². The minimum atomic E-state index is 0.487. The Bertz CT molecular complexity index is 498. The van der Waals surface area contributed by atoms with Crippen molar-refractivity contribution < 1.29 is 0 Å². The van der Waals surface area contributed by atoms with Crippen LogP contribution in [0.4, 0.5) is 0 Å². The Morgan fingerprint density at radius 3 is 2.24 bits per heavy atom. The molecule has 0 unspecified atom stereocenters. The normalized spacial score (nSPS) is 10.9. The van der Waals surface area contributed by atoms with Crippen LogP contribution >= 0.6 is 11.6 Å². The fourth-order valence-corrected chi connectivity index (χ4v) is 1.91. The topological polar surface area (TPSA) is 25.8 Å². The van der Waals surface area contributed by atoms with Crippen LogP contribution < -0.4 is 0 Å². The highest BCUT2D eigenvalue weighted by Gasteiger charge is 2.05. The summed E-state index contributed by atoms with van der Waals surface area (Å²) in [5.41, 5.74) is 3.19. The number of rotatable bonds is 2. The molecule has 2 nitrogen and oxygen atoms in total. The first-order valence-corrected chi connectivity index (χ1v) is 6.05. The molecule has 3 heteroatoms. The van der Waals surface area contributed by atoms with Gasteiger partial charge in [-0.2, -0.15) is 0 Å². The number of aromatic nitrogens is 2. The van der Waals surface area contributed by atoms with Crippen molar-refractivity contribution >= 4 is 11.6 Å². The molecule has 17 heavy (non-hydrogen) atoms. The molecule has 1 aromatic carbocycles. The van der Waals surface area contributed by atoms with Crippen molar-refractivity contribution in [2.24, 2.45) is 0 Å². The summed E-state index contributed by atoms with van der Waals surface area (Å²) >= 11 is 5.93. The molecular formula is C14H15ClN2. The van der Waals surface area contributed by atoms with Crippen molar-refractivity contribution in [1.29, 1.82) is 0 Å². The maximum absolute atomic E-state index is 5.93. The van der Waals surface area contributed by atoms with Crippen LogP contribution in [0.5, 0.6) is 0 Å². The summed E-state index contributed by atoms with van der Waals surface area (Å²) < 4.78 is 0. The fourth-order valence-electron chi connectivity index (χ4n) is 1.68. The van der Waals surface area contributed by atoms with Crippen LogP contribution in [0.15, 0.2) is 30.3 Å². The van der Waals surface area contributed by atoms with E-state index >= 15 is 0 Å². The molecule has 0 fully saturated rings. The van der Waals surface area contributed by atoms with Crippen LogP contribution in [-0.4, -0.2) is 9.97 Å². The molecule has 2 rings (SSSR count). The molecule has 0 aliphatic heterocycles. The summed E-state index contributed by atoms with van der Waals surface area (Å²) in [6, 6.07) is 10.1. The van der Waals surface area contributed by atoms with Crippen LogP contribution in [0.25, 0.3) is 11.4 Å². The van der Waals surface area contributed by atoms with Gasteiger partial charge in [0.05, 0.1) is 0 Å². The van der Waals surface area contributed by atoms with Gasteiger partial charge in [0.1, 0.15) is 5.15 Å². The summed E-state index contributed by atoms with van der Waals surface area (Å²) in [4.78, 5) is 8.62. The van der Waals surface area contributed by atoms with Gasteiger partial charge >= 0.3 is 0 Å². The first-order valence-electron chi connectivity index (χ1n) is 5.68. The quantitative estimate of drug-likeness (QED) is 0.741. The molecule has 0 amide bonds. The lowest BCUT2D eigenvalue weighted by atomic mass is 10.0. The first-order chi connectivity index (χ1) is 8.06. The summed E-state index contributed by atoms with van der Waals surface area (Å²) in [7, 11) is 0. The third kappa shape index (κ3) is 2.83. The van der Waals surface area contributed by atoms with Crippen molar-refractivity contribution in [3.8, 4) is 11.4 Å². The van der Waals surface area contributed by atoms with Gasteiger partial charge in [-0.15, -0.1) is 0 Å².